The molecule has 2 unspecified atom stereocenters. The summed E-state index contributed by atoms with van der Waals surface area (Å²) >= 11 is 0. The first-order valence-corrected chi connectivity index (χ1v) is 16.6. The number of amides is 1. The Kier molecular flexibility index (Phi) is 30.9. The lowest BCUT2D eigenvalue weighted by Crippen LogP contribution is -2.10. The van der Waals surface area contributed by atoms with E-state index in [2.05, 4.69) is 39.3 Å². The highest BCUT2D eigenvalue weighted by Crippen LogP contribution is 2.23. The van der Waals surface area contributed by atoms with Gasteiger partial charge in [-0.15, -0.1) is 0 Å². The van der Waals surface area contributed by atoms with Crippen LogP contribution in [-0.2, 0) is 14.3 Å². The van der Waals surface area contributed by atoms with Crippen LogP contribution in [0.2, 0.25) is 0 Å². The van der Waals surface area contributed by atoms with Gasteiger partial charge in [0.25, 0.3) is 0 Å². The molecule has 252 valence electrons. The van der Waals surface area contributed by atoms with E-state index in [1.165, 1.54) is 32.1 Å². The van der Waals surface area contributed by atoms with E-state index >= 15 is 0 Å². The second kappa shape index (κ2) is 30.0. The van der Waals surface area contributed by atoms with Crippen LogP contribution in [0.15, 0.2) is 48.0 Å². The van der Waals surface area contributed by atoms with Crippen LogP contribution >= 0.6 is 0 Å². The number of Topliss-reactive ketones (excluding diaryl/α,β-unsaturated/α-hetero) is 1. The molecule has 1 aliphatic heterocycles. The summed E-state index contributed by atoms with van der Waals surface area (Å²) in [5.74, 6) is -0.121. The molecule has 0 bridgehead atoms. The number of aliphatic imine (C=N–C) groups is 1. The van der Waals surface area contributed by atoms with Crippen molar-refractivity contribution in [3.05, 3.63) is 54.1 Å². The zero-order valence-electron chi connectivity index (χ0n) is 29.6. The molecule has 7 heteroatoms. The number of ether oxygens (including phenoxy) is 1. The number of allylic oxidation sites excluding steroid dienone is 2. The third-order valence-corrected chi connectivity index (χ3v) is 6.78. The Labute approximate surface area is 269 Å². The van der Waals surface area contributed by atoms with Crippen LogP contribution in [0.3, 0.4) is 0 Å². The van der Waals surface area contributed by atoms with Crippen LogP contribution in [0, 0.1) is 5.92 Å². The van der Waals surface area contributed by atoms with Crippen LogP contribution in [0.25, 0.3) is 5.57 Å². The Morgan fingerprint density at radius 2 is 1.61 bits per heavy atom. The second-order valence-electron chi connectivity index (χ2n) is 10.4. The monoisotopic (exact) mass is 616 g/mol. The van der Waals surface area contributed by atoms with Gasteiger partial charge in [-0.2, -0.15) is 4.99 Å². The van der Waals surface area contributed by atoms with Gasteiger partial charge < -0.3 is 15.6 Å². The average molecular weight is 617 g/mol. The maximum atomic E-state index is 10.8. The molecule has 1 heterocycles. The van der Waals surface area contributed by atoms with Crippen LogP contribution in [0.4, 0.5) is 0 Å². The lowest BCUT2D eigenvalue weighted by molar-refractivity contribution is -0.121. The van der Waals surface area contributed by atoms with E-state index in [1.807, 2.05) is 40.7 Å². The Balaban J connectivity index is -0.000000506. The van der Waals surface area contributed by atoms with Gasteiger partial charge in [0.15, 0.2) is 0 Å². The smallest absolute Gasteiger partial charge is 0.336 e. The predicted octanol–water partition coefficient (Wildman–Crippen LogP) is 9.84. The summed E-state index contributed by atoms with van der Waals surface area (Å²) in [4.78, 5) is 35.9. The number of amidine groups is 1. The summed E-state index contributed by atoms with van der Waals surface area (Å²) in [6.07, 6.45) is 15.0. The SMILES string of the molecule is C/C=C\C(N)=NC(=O)CCC.C=C(CC)c1ccccc1C(=O)O.CC.CCC(CC)C(C)=O.CCCCC1CCC(C)O1. The average Bonchev–Trinajstić information content (AvgIpc) is 3.43. The number of carbonyl (C=O) groups excluding carboxylic acids is 2. The number of benzene rings is 1. The maximum Gasteiger partial charge on any atom is 0.336 e. The van der Waals surface area contributed by atoms with Gasteiger partial charge in [-0.1, -0.05) is 92.2 Å². The number of ketones is 1. The van der Waals surface area contributed by atoms with E-state index in [1.54, 1.807) is 37.3 Å². The van der Waals surface area contributed by atoms with Crippen molar-refractivity contribution < 1.29 is 24.2 Å². The number of carboxylic acids is 1. The summed E-state index contributed by atoms with van der Waals surface area (Å²) < 4.78 is 5.66. The zero-order chi connectivity index (χ0) is 34.5. The fourth-order valence-corrected chi connectivity index (χ4v) is 4.18. The number of nitrogens with zero attached hydrogens (tertiary/aromatic N) is 1. The van der Waals surface area contributed by atoms with Crippen LogP contribution in [0.1, 0.15) is 149 Å². The van der Waals surface area contributed by atoms with Gasteiger partial charge >= 0.3 is 5.97 Å². The highest BCUT2D eigenvalue weighted by atomic mass is 16.5. The van der Waals surface area contributed by atoms with E-state index in [9.17, 15) is 14.4 Å². The van der Waals surface area contributed by atoms with Crippen molar-refractivity contribution in [3.63, 3.8) is 0 Å². The Bertz CT molecular complexity index is 980. The van der Waals surface area contributed by atoms with E-state index in [4.69, 9.17) is 15.6 Å². The Morgan fingerprint density at radius 1 is 1.05 bits per heavy atom. The molecule has 1 saturated heterocycles. The lowest BCUT2D eigenvalue weighted by Gasteiger charge is -2.08. The third kappa shape index (κ3) is 23.4. The molecule has 44 heavy (non-hydrogen) atoms. The standard InChI is InChI=1S/C11H12O2.C9H18O.C8H14N2O.C7H14O.C2H6/c1-3-8(2)9-6-4-5-7-10(9)11(12)13;1-3-4-5-9-7-6-8(2)10-9;1-3-5-7(9)10-8(11)6-4-2;1-4-7(5-2)6(3)8;1-2/h4-7H,2-3H2,1H3,(H,12,13);8-9H,3-7H2,1-2H3;3,5H,4,6H2,1-2H3,(H2,9,10,11);7H,4-5H2,1-3H3;1-2H3/b;;5-3-;;. The first-order valence-electron chi connectivity index (χ1n) is 16.6. The molecule has 7 nitrogen and oxygen atoms in total. The maximum absolute atomic E-state index is 10.8. The summed E-state index contributed by atoms with van der Waals surface area (Å²) in [5.41, 5.74) is 7.28. The van der Waals surface area contributed by atoms with Crippen molar-refractivity contribution in [3.8, 4) is 0 Å². The minimum absolute atomic E-state index is 0.150. The molecule has 3 N–H and O–H groups in total. The van der Waals surface area contributed by atoms with Crippen LogP contribution < -0.4 is 5.73 Å². The Morgan fingerprint density at radius 3 is 1.98 bits per heavy atom. The summed E-state index contributed by atoms with van der Waals surface area (Å²) in [7, 11) is 0. The number of rotatable bonds is 12. The largest absolute Gasteiger partial charge is 0.478 e. The fourth-order valence-electron chi connectivity index (χ4n) is 4.18. The molecular formula is C37H64N2O5. The quantitative estimate of drug-likeness (QED) is 0.178. The van der Waals surface area contributed by atoms with Crippen LogP contribution in [-0.4, -0.2) is 40.8 Å². The fraction of sp³-hybridized carbons (Fsp3) is 0.622. The lowest BCUT2D eigenvalue weighted by atomic mass is 9.99. The van der Waals surface area contributed by atoms with Crippen molar-refractivity contribution in [1.82, 2.24) is 0 Å². The number of hydrogen-bond acceptors (Lipinski definition) is 4. The molecular weight excluding hydrogens is 552 g/mol. The molecule has 1 fully saturated rings. The minimum atomic E-state index is -0.898. The molecule has 1 aromatic carbocycles. The summed E-state index contributed by atoms with van der Waals surface area (Å²) in [5, 5.41) is 8.87. The van der Waals surface area contributed by atoms with E-state index in [-0.39, 0.29) is 11.7 Å². The van der Waals surface area contributed by atoms with E-state index in [0.717, 1.165) is 36.8 Å². The van der Waals surface area contributed by atoms with Crippen molar-refractivity contribution in [2.45, 2.75) is 146 Å². The van der Waals surface area contributed by atoms with Gasteiger partial charge in [0.2, 0.25) is 5.91 Å². The van der Waals surface area contributed by atoms with E-state index < -0.39 is 5.97 Å². The van der Waals surface area contributed by atoms with Gasteiger partial charge in [0.1, 0.15) is 11.6 Å². The topological polar surface area (TPSA) is 119 Å². The number of aromatic carboxylic acids is 1. The van der Waals surface area contributed by atoms with Crippen molar-refractivity contribution in [2.24, 2.45) is 16.6 Å². The third-order valence-electron chi connectivity index (χ3n) is 6.78. The molecule has 1 aliphatic rings. The first kappa shape index (κ1) is 45.4. The number of carboxylic acid groups (broad SMARTS) is 1. The Hall–Kier alpha value is -3.06. The van der Waals surface area contributed by atoms with Crippen molar-refractivity contribution in [2.75, 3.05) is 0 Å². The predicted molar refractivity (Wildman–Crippen MR) is 188 cm³/mol. The van der Waals surface area contributed by atoms with Gasteiger partial charge in [-0.25, -0.2) is 4.79 Å². The summed E-state index contributed by atoms with van der Waals surface area (Å²) in [6, 6.07) is 6.92. The molecule has 0 radical (unpaired) electrons. The van der Waals surface area contributed by atoms with Gasteiger partial charge in [0.05, 0.1) is 17.8 Å². The van der Waals surface area contributed by atoms with Gasteiger partial charge in [-0.05, 0) is 89.0 Å². The molecule has 0 aromatic heterocycles. The second-order valence-corrected chi connectivity index (χ2v) is 10.4. The molecule has 0 saturated carbocycles. The normalized spacial score (nSPS) is 15.4. The van der Waals surface area contributed by atoms with Crippen LogP contribution in [0.5, 0.6) is 0 Å². The molecule has 0 aliphatic carbocycles. The van der Waals surface area contributed by atoms with Crippen molar-refractivity contribution in [1.29, 1.82) is 0 Å². The van der Waals surface area contributed by atoms with E-state index in [0.29, 0.717) is 35.9 Å². The first-order chi connectivity index (χ1) is 20.9. The highest BCUT2D eigenvalue weighted by Gasteiger charge is 2.20. The molecule has 2 rings (SSSR count). The van der Waals surface area contributed by atoms with Gasteiger partial charge in [0, 0.05) is 12.3 Å². The van der Waals surface area contributed by atoms with Crippen molar-refractivity contribution >= 4 is 29.1 Å². The molecule has 1 aromatic rings. The van der Waals surface area contributed by atoms with Gasteiger partial charge in [-0.3, -0.25) is 9.59 Å². The zero-order valence-corrected chi connectivity index (χ0v) is 29.6. The molecule has 0 spiro atoms. The molecule has 2 atom stereocenters. The minimum Gasteiger partial charge on any atom is -0.478 e. The number of nitrogens with two attached hydrogens (primary N) is 1. The summed E-state index contributed by atoms with van der Waals surface area (Å²) in [6.45, 7) is 23.7. The molecule has 1 amide bonds. The number of unbranched alkanes of at least 4 members (excludes halogenated alkanes) is 1. The highest BCUT2D eigenvalue weighted by molar-refractivity contribution is 5.99. The number of hydrogen-bond donors (Lipinski definition) is 2. The number of carbonyl (C=O) groups is 3.